The quantitative estimate of drug-likeness (QED) is 0.682. The number of aryl methyl sites for hydroxylation is 1. The van der Waals surface area contributed by atoms with E-state index >= 15 is 0 Å². The summed E-state index contributed by atoms with van der Waals surface area (Å²) in [7, 11) is 0. The normalized spacial score (nSPS) is 16.7. The molecule has 2 heterocycles. The number of halogens is 1. The monoisotopic (exact) mass is 420 g/mol. The van der Waals surface area contributed by atoms with Crippen LogP contribution >= 0.6 is 11.6 Å². The van der Waals surface area contributed by atoms with E-state index in [0.717, 1.165) is 51.1 Å². The van der Waals surface area contributed by atoms with E-state index in [2.05, 4.69) is 27.0 Å². The zero-order chi connectivity index (χ0) is 20.8. The third-order valence-corrected chi connectivity index (χ3v) is 5.54. The minimum absolute atomic E-state index is 0.247. The van der Waals surface area contributed by atoms with Gasteiger partial charge in [-0.05, 0) is 31.0 Å². The van der Waals surface area contributed by atoms with Crippen LogP contribution in [0.1, 0.15) is 41.7 Å². The molecule has 2 N–H and O–H groups in total. The number of carbonyl (C=O) groups is 1. The molecule has 3 rings (SSSR count). The molecule has 1 fully saturated rings. The lowest BCUT2D eigenvalue weighted by molar-refractivity contribution is 0.0634. The van der Waals surface area contributed by atoms with E-state index in [1.54, 1.807) is 12.1 Å². The Balaban J connectivity index is 1.48. The number of aliphatic hydroxyl groups excluding tert-OH is 1. The topological polar surface area (TPSA) is 81.8 Å². The Labute approximate surface area is 176 Å². The van der Waals surface area contributed by atoms with Gasteiger partial charge in [-0.2, -0.15) is 0 Å². The van der Waals surface area contributed by atoms with Crippen LogP contribution in [0.25, 0.3) is 0 Å². The van der Waals surface area contributed by atoms with Crippen LogP contribution in [-0.4, -0.2) is 64.6 Å². The third kappa shape index (κ3) is 6.27. The first-order valence-corrected chi connectivity index (χ1v) is 10.5. The maximum absolute atomic E-state index is 12.4. The van der Waals surface area contributed by atoms with Gasteiger partial charge in [-0.15, -0.1) is 0 Å². The van der Waals surface area contributed by atoms with E-state index in [1.165, 1.54) is 6.26 Å². The van der Waals surface area contributed by atoms with Gasteiger partial charge >= 0.3 is 0 Å². The average molecular weight is 421 g/mol. The summed E-state index contributed by atoms with van der Waals surface area (Å²) in [6.45, 7) is 8.86. The van der Waals surface area contributed by atoms with E-state index in [9.17, 15) is 9.90 Å². The van der Waals surface area contributed by atoms with Gasteiger partial charge in [-0.25, -0.2) is 4.98 Å². The van der Waals surface area contributed by atoms with E-state index in [-0.39, 0.29) is 17.7 Å². The lowest BCUT2D eigenvalue weighted by Gasteiger charge is -2.34. The van der Waals surface area contributed by atoms with Crippen LogP contribution in [-0.2, 0) is 6.54 Å². The Bertz CT molecular complexity index is 818. The molecule has 1 saturated heterocycles. The van der Waals surface area contributed by atoms with Gasteiger partial charge in [0.05, 0.1) is 12.6 Å². The third-order valence-electron chi connectivity index (χ3n) is 5.13. The van der Waals surface area contributed by atoms with Crippen molar-refractivity contribution in [3.63, 3.8) is 0 Å². The second-order valence-electron chi connectivity index (χ2n) is 7.56. The molecular formula is C21H29ClN4O3. The summed E-state index contributed by atoms with van der Waals surface area (Å²) in [5.41, 5.74) is 1.82. The number of carbonyl (C=O) groups excluding carboxylic acids is 1. The molecule has 1 unspecified atom stereocenters. The molecule has 1 atom stereocenters. The van der Waals surface area contributed by atoms with Crippen molar-refractivity contribution in [2.75, 3.05) is 38.0 Å². The predicted octanol–water partition coefficient (Wildman–Crippen LogP) is 3.17. The molecule has 158 valence electrons. The standard InChI is InChI=1S/C21H29ClN4O3/c1-3-4-17(27)12-25-7-9-26(10-8-25)13-20-24-19(14-29-20)21(28)23-16-6-5-15(2)18(22)11-16/h5-6,11,14,17,27H,3-4,7-10,12-13H2,1-2H3,(H,23,28). The number of benzene rings is 1. The number of oxazole rings is 1. The fourth-order valence-corrected chi connectivity index (χ4v) is 3.58. The number of nitrogens with one attached hydrogen (secondary N) is 1. The molecule has 0 spiro atoms. The number of aromatic nitrogens is 1. The molecule has 29 heavy (non-hydrogen) atoms. The molecule has 1 aromatic heterocycles. The fourth-order valence-electron chi connectivity index (χ4n) is 3.40. The van der Waals surface area contributed by atoms with Crippen LogP contribution in [0.5, 0.6) is 0 Å². The first-order chi connectivity index (χ1) is 13.9. The van der Waals surface area contributed by atoms with Crippen molar-refractivity contribution in [3.05, 3.63) is 46.6 Å². The fraction of sp³-hybridized carbons (Fsp3) is 0.524. The molecule has 8 heteroatoms. The van der Waals surface area contributed by atoms with Gasteiger partial charge in [-0.3, -0.25) is 14.6 Å². The summed E-state index contributed by atoms with van der Waals surface area (Å²) in [5.74, 6) is 0.200. The van der Waals surface area contributed by atoms with Crippen molar-refractivity contribution in [1.82, 2.24) is 14.8 Å². The van der Waals surface area contributed by atoms with E-state index in [1.807, 2.05) is 13.0 Å². The van der Waals surface area contributed by atoms with Crippen LogP contribution < -0.4 is 5.32 Å². The Kier molecular flexibility index (Phi) is 7.66. The zero-order valence-electron chi connectivity index (χ0n) is 17.0. The number of β-amino-alcohol motifs (C(OH)–C–C–N with tert-alkyl or cyclic N) is 1. The van der Waals surface area contributed by atoms with E-state index < -0.39 is 0 Å². The Morgan fingerprint density at radius 2 is 2.03 bits per heavy atom. The van der Waals surface area contributed by atoms with Crippen molar-refractivity contribution in [2.45, 2.75) is 39.3 Å². The second kappa shape index (κ2) is 10.2. The SMILES string of the molecule is CCCC(O)CN1CCN(Cc2nc(C(=O)Nc3ccc(C)c(Cl)c3)co2)CC1. The van der Waals surface area contributed by atoms with Gasteiger partial charge in [0.2, 0.25) is 5.89 Å². The Morgan fingerprint density at radius 1 is 1.31 bits per heavy atom. The molecule has 7 nitrogen and oxygen atoms in total. The van der Waals surface area contributed by atoms with Crippen LogP contribution in [0.3, 0.4) is 0 Å². The lowest BCUT2D eigenvalue weighted by atomic mass is 10.2. The summed E-state index contributed by atoms with van der Waals surface area (Å²) in [5, 5.41) is 13.4. The summed E-state index contributed by atoms with van der Waals surface area (Å²) in [6, 6.07) is 5.37. The summed E-state index contributed by atoms with van der Waals surface area (Å²) in [6.07, 6.45) is 2.98. The first-order valence-electron chi connectivity index (χ1n) is 10.1. The predicted molar refractivity (Wildman–Crippen MR) is 113 cm³/mol. The van der Waals surface area contributed by atoms with Crippen LogP contribution in [0.2, 0.25) is 5.02 Å². The number of anilines is 1. The summed E-state index contributed by atoms with van der Waals surface area (Å²) >= 11 is 6.10. The van der Waals surface area contributed by atoms with Gasteiger partial charge in [0.1, 0.15) is 6.26 Å². The van der Waals surface area contributed by atoms with Crippen LogP contribution in [0.15, 0.2) is 28.9 Å². The molecule has 1 amide bonds. The van der Waals surface area contributed by atoms with Gasteiger partial charge in [-0.1, -0.05) is 31.0 Å². The lowest BCUT2D eigenvalue weighted by Crippen LogP contribution is -2.48. The summed E-state index contributed by atoms with van der Waals surface area (Å²) in [4.78, 5) is 21.3. The minimum Gasteiger partial charge on any atom is -0.447 e. The van der Waals surface area contributed by atoms with Crippen molar-refractivity contribution >= 4 is 23.2 Å². The number of piperazine rings is 1. The maximum atomic E-state index is 12.4. The average Bonchev–Trinajstić information content (AvgIpc) is 3.15. The maximum Gasteiger partial charge on any atom is 0.277 e. The molecule has 0 aliphatic carbocycles. The van der Waals surface area contributed by atoms with E-state index in [0.29, 0.717) is 23.1 Å². The molecule has 1 aliphatic heterocycles. The molecule has 2 aromatic rings. The highest BCUT2D eigenvalue weighted by Gasteiger charge is 2.21. The smallest absolute Gasteiger partial charge is 0.277 e. The molecule has 1 aromatic carbocycles. The van der Waals surface area contributed by atoms with Crippen molar-refractivity contribution < 1.29 is 14.3 Å². The van der Waals surface area contributed by atoms with Gasteiger partial charge in [0.25, 0.3) is 5.91 Å². The number of hydrogen-bond donors (Lipinski definition) is 2. The minimum atomic E-state index is -0.324. The highest BCUT2D eigenvalue weighted by Crippen LogP contribution is 2.20. The molecule has 1 aliphatic rings. The number of amides is 1. The van der Waals surface area contributed by atoms with Crippen LogP contribution in [0.4, 0.5) is 5.69 Å². The van der Waals surface area contributed by atoms with Crippen LogP contribution in [0, 0.1) is 6.92 Å². The zero-order valence-corrected chi connectivity index (χ0v) is 17.8. The second-order valence-corrected chi connectivity index (χ2v) is 7.97. The van der Waals surface area contributed by atoms with Gasteiger partial charge < -0.3 is 14.8 Å². The highest BCUT2D eigenvalue weighted by atomic mass is 35.5. The summed E-state index contributed by atoms with van der Waals surface area (Å²) < 4.78 is 5.50. The Hall–Kier alpha value is -1.93. The van der Waals surface area contributed by atoms with Gasteiger partial charge in [0, 0.05) is 43.4 Å². The molecule has 0 saturated carbocycles. The van der Waals surface area contributed by atoms with Crippen molar-refractivity contribution in [1.29, 1.82) is 0 Å². The van der Waals surface area contributed by atoms with Crippen molar-refractivity contribution in [3.8, 4) is 0 Å². The Morgan fingerprint density at radius 3 is 2.72 bits per heavy atom. The molecule has 0 bridgehead atoms. The largest absolute Gasteiger partial charge is 0.447 e. The molecular weight excluding hydrogens is 392 g/mol. The number of aliphatic hydroxyl groups is 1. The highest BCUT2D eigenvalue weighted by molar-refractivity contribution is 6.31. The molecule has 0 radical (unpaired) electrons. The number of rotatable bonds is 8. The van der Waals surface area contributed by atoms with Gasteiger partial charge in [0.15, 0.2) is 5.69 Å². The number of hydrogen-bond acceptors (Lipinski definition) is 6. The van der Waals surface area contributed by atoms with Crippen molar-refractivity contribution in [2.24, 2.45) is 0 Å². The first kappa shape index (κ1) is 21.8. The van der Waals surface area contributed by atoms with E-state index in [4.69, 9.17) is 16.0 Å². The number of nitrogens with zero attached hydrogens (tertiary/aromatic N) is 3.